The molecule has 1 aliphatic heterocycles. The van der Waals surface area contributed by atoms with Crippen LogP contribution in [0.1, 0.15) is 33.1 Å². The molecule has 2 heterocycles. The third-order valence-corrected chi connectivity index (χ3v) is 3.52. The zero-order valence-electron chi connectivity index (χ0n) is 11.7. The number of aryl methyl sites for hydroxylation is 1. The fourth-order valence-electron chi connectivity index (χ4n) is 2.76. The van der Waals surface area contributed by atoms with Crippen molar-refractivity contribution in [3.8, 4) is 0 Å². The lowest BCUT2D eigenvalue weighted by atomic mass is 10.0. The molecule has 1 atom stereocenters. The molecular formula is C14H26N4. The number of piperidine rings is 1. The van der Waals surface area contributed by atoms with Gasteiger partial charge < -0.3 is 14.8 Å². The van der Waals surface area contributed by atoms with Crippen LogP contribution in [0.2, 0.25) is 0 Å². The van der Waals surface area contributed by atoms with Crippen LogP contribution in [0.3, 0.4) is 0 Å². The average Bonchev–Trinajstić information content (AvgIpc) is 2.82. The van der Waals surface area contributed by atoms with Crippen molar-refractivity contribution in [2.24, 2.45) is 0 Å². The molecule has 4 heteroatoms. The average molecular weight is 250 g/mol. The molecule has 0 aliphatic carbocycles. The molecule has 0 bridgehead atoms. The van der Waals surface area contributed by atoms with Crippen molar-refractivity contribution in [3.63, 3.8) is 0 Å². The van der Waals surface area contributed by atoms with E-state index in [9.17, 15) is 0 Å². The van der Waals surface area contributed by atoms with Gasteiger partial charge in [0.15, 0.2) is 0 Å². The maximum atomic E-state index is 4.07. The van der Waals surface area contributed by atoms with Gasteiger partial charge in [-0.3, -0.25) is 0 Å². The number of imidazole rings is 1. The second-order valence-corrected chi connectivity index (χ2v) is 5.62. The Hall–Kier alpha value is -0.870. The molecule has 0 saturated carbocycles. The Kier molecular flexibility index (Phi) is 5.20. The van der Waals surface area contributed by atoms with Crippen molar-refractivity contribution in [1.82, 2.24) is 19.8 Å². The Balaban J connectivity index is 1.66. The third kappa shape index (κ3) is 4.42. The second-order valence-electron chi connectivity index (χ2n) is 5.62. The molecule has 1 saturated heterocycles. The first-order valence-corrected chi connectivity index (χ1v) is 7.18. The van der Waals surface area contributed by atoms with Gasteiger partial charge in [0.1, 0.15) is 0 Å². The van der Waals surface area contributed by atoms with Gasteiger partial charge in [-0.1, -0.05) is 13.8 Å². The summed E-state index contributed by atoms with van der Waals surface area (Å²) in [6, 6.07) is 1.29. The van der Waals surface area contributed by atoms with Gasteiger partial charge in [-0.05, 0) is 32.4 Å². The normalized spacial score (nSPS) is 21.6. The van der Waals surface area contributed by atoms with E-state index in [4.69, 9.17) is 0 Å². The standard InChI is InChI=1S/C14H26N4/c1-13(2)16-14-5-3-7-17(11-14)8-4-9-18-10-6-15-12-18/h6,10,12-14,16H,3-5,7-9,11H2,1-2H3. The summed E-state index contributed by atoms with van der Waals surface area (Å²) in [7, 11) is 0. The lowest BCUT2D eigenvalue weighted by molar-refractivity contribution is 0.181. The number of rotatable bonds is 6. The van der Waals surface area contributed by atoms with E-state index in [0.29, 0.717) is 12.1 Å². The van der Waals surface area contributed by atoms with Gasteiger partial charge >= 0.3 is 0 Å². The fourth-order valence-corrected chi connectivity index (χ4v) is 2.76. The predicted octanol–water partition coefficient (Wildman–Crippen LogP) is 1.74. The molecule has 18 heavy (non-hydrogen) atoms. The summed E-state index contributed by atoms with van der Waals surface area (Å²) >= 11 is 0. The molecule has 1 aromatic heterocycles. The molecule has 0 aromatic carbocycles. The van der Waals surface area contributed by atoms with E-state index < -0.39 is 0 Å². The summed E-state index contributed by atoms with van der Waals surface area (Å²) in [5.74, 6) is 0. The summed E-state index contributed by atoms with van der Waals surface area (Å²) < 4.78 is 2.16. The molecule has 102 valence electrons. The molecule has 0 spiro atoms. The maximum absolute atomic E-state index is 4.07. The number of hydrogen-bond acceptors (Lipinski definition) is 3. The van der Waals surface area contributed by atoms with E-state index >= 15 is 0 Å². The SMILES string of the molecule is CC(C)NC1CCCN(CCCn2ccnc2)C1. The van der Waals surface area contributed by atoms with Gasteiger partial charge in [0, 0.05) is 37.6 Å². The number of likely N-dealkylation sites (tertiary alicyclic amines) is 1. The van der Waals surface area contributed by atoms with Crippen molar-refractivity contribution < 1.29 is 0 Å². The van der Waals surface area contributed by atoms with E-state index in [1.807, 2.05) is 18.7 Å². The van der Waals surface area contributed by atoms with Crippen LogP contribution in [-0.4, -0.2) is 46.2 Å². The third-order valence-electron chi connectivity index (χ3n) is 3.52. The van der Waals surface area contributed by atoms with Crippen molar-refractivity contribution in [3.05, 3.63) is 18.7 Å². The molecule has 0 amide bonds. The van der Waals surface area contributed by atoms with Crippen LogP contribution in [0.5, 0.6) is 0 Å². The van der Waals surface area contributed by atoms with Crippen LogP contribution in [0.4, 0.5) is 0 Å². The van der Waals surface area contributed by atoms with Crippen molar-refractivity contribution in [1.29, 1.82) is 0 Å². The predicted molar refractivity (Wildman–Crippen MR) is 74.6 cm³/mol. The molecule has 1 N–H and O–H groups in total. The second kappa shape index (κ2) is 6.90. The van der Waals surface area contributed by atoms with Crippen molar-refractivity contribution in [2.45, 2.75) is 51.7 Å². The van der Waals surface area contributed by atoms with E-state index in [1.165, 1.54) is 38.9 Å². The van der Waals surface area contributed by atoms with Gasteiger partial charge in [0.2, 0.25) is 0 Å². The highest BCUT2D eigenvalue weighted by atomic mass is 15.2. The van der Waals surface area contributed by atoms with Crippen LogP contribution in [-0.2, 0) is 6.54 Å². The minimum Gasteiger partial charge on any atom is -0.337 e. The monoisotopic (exact) mass is 250 g/mol. The number of hydrogen-bond donors (Lipinski definition) is 1. The summed E-state index contributed by atoms with van der Waals surface area (Å²) in [5.41, 5.74) is 0. The zero-order valence-corrected chi connectivity index (χ0v) is 11.7. The molecule has 2 rings (SSSR count). The summed E-state index contributed by atoms with van der Waals surface area (Å²) in [6.45, 7) is 9.23. The highest BCUT2D eigenvalue weighted by molar-refractivity contribution is 4.80. The summed E-state index contributed by atoms with van der Waals surface area (Å²) in [6.07, 6.45) is 9.67. The summed E-state index contributed by atoms with van der Waals surface area (Å²) in [4.78, 5) is 6.67. The van der Waals surface area contributed by atoms with E-state index in [2.05, 4.69) is 33.6 Å². The first-order valence-electron chi connectivity index (χ1n) is 7.18. The van der Waals surface area contributed by atoms with Crippen molar-refractivity contribution in [2.75, 3.05) is 19.6 Å². The molecule has 1 aromatic rings. The highest BCUT2D eigenvalue weighted by Gasteiger charge is 2.19. The Labute approximate surface area is 110 Å². The first-order chi connectivity index (χ1) is 8.74. The van der Waals surface area contributed by atoms with Crippen LogP contribution < -0.4 is 5.32 Å². The lowest BCUT2D eigenvalue weighted by Crippen LogP contribution is -2.48. The topological polar surface area (TPSA) is 33.1 Å². The van der Waals surface area contributed by atoms with Gasteiger partial charge in [0.05, 0.1) is 6.33 Å². The smallest absolute Gasteiger partial charge is 0.0945 e. The largest absolute Gasteiger partial charge is 0.337 e. The Bertz CT molecular complexity index is 321. The molecule has 0 radical (unpaired) electrons. The van der Waals surface area contributed by atoms with Crippen LogP contribution in [0.25, 0.3) is 0 Å². The van der Waals surface area contributed by atoms with Gasteiger partial charge in [-0.2, -0.15) is 0 Å². The van der Waals surface area contributed by atoms with Gasteiger partial charge in [-0.15, -0.1) is 0 Å². The Morgan fingerprint density at radius 1 is 1.39 bits per heavy atom. The fraction of sp³-hybridized carbons (Fsp3) is 0.786. The number of nitrogens with one attached hydrogen (secondary N) is 1. The Morgan fingerprint density at radius 2 is 2.28 bits per heavy atom. The molecule has 4 nitrogen and oxygen atoms in total. The number of nitrogens with zero attached hydrogens (tertiary/aromatic N) is 3. The zero-order chi connectivity index (χ0) is 12.8. The van der Waals surface area contributed by atoms with Crippen LogP contribution in [0.15, 0.2) is 18.7 Å². The molecule has 1 unspecified atom stereocenters. The first kappa shape index (κ1) is 13.6. The summed E-state index contributed by atoms with van der Waals surface area (Å²) in [5, 5.41) is 3.66. The van der Waals surface area contributed by atoms with Crippen LogP contribution >= 0.6 is 0 Å². The van der Waals surface area contributed by atoms with Gasteiger partial charge in [-0.25, -0.2) is 4.98 Å². The van der Waals surface area contributed by atoms with E-state index in [-0.39, 0.29) is 0 Å². The quantitative estimate of drug-likeness (QED) is 0.835. The number of aromatic nitrogens is 2. The molecule has 1 fully saturated rings. The van der Waals surface area contributed by atoms with Crippen LogP contribution in [0, 0.1) is 0 Å². The van der Waals surface area contributed by atoms with E-state index in [1.54, 1.807) is 0 Å². The maximum Gasteiger partial charge on any atom is 0.0945 e. The highest BCUT2D eigenvalue weighted by Crippen LogP contribution is 2.11. The van der Waals surface area contributed by atoms with E-state index in [0.717, 1.165) is 6.54 Å². The lowest BCUT2D eigenvalue weighted by Gasteiger charge is -2.34. The van der Waals surface area contributed by atoms with Gasteiger partial charge in [0.25, 0.3) is 0 Å². The van der Waals surface area contributed by atoms with Crippen molar-refractivity contribution >= 4 is 0 Å². The minimum atomic E-state index is 0.598. The molecule has 1 aliphatic rings. The molecular weight excluding hydrogens is 224 g/mol. The minimum absolute atomic E-state index is 0.598. The Morgan fingerprint density at radius 3 is 3.00 bits per heavy atom.